The van der Waals surface area contributed by atoms with Crippen molar-refractivity contribution < 1.29 is 9.29 Å². The summed E-state index contributed by atoms with van der Waals surface area (Å²) in [6, 6.07) is 1.70. The highest BCUT2D eigenvalue weighted by Gasteiger charge is 2.18. The van der Waals surface area contributed by atoms with Crippen molar-refractivity contribution in [3.8, 4) is 5.88 Å². The van der Waals surface area contributed by atoms with Gasteiger partial charge in [0.15, 0.2) is 5.75 Å². The molecule has 0 aliphatic heterocycles. The van der Waals surface area contributed by atoms with Crippen molar-refractivity contribution in [1.29, 1.82) is 0 Å². The highest BCUT2D eigenvalue weighted by Crippen LogP contribution is 2.21. The van der Waals surface area contributed by atoms with Crippen LogP contribution >= 0.6 is 11.3 Å². The van der Waals surface area contributed by atoms with Gasteiger partial charge in [0.1, 0.15) is 11.8 Å². The van der Waals surface area contributed by atoms with Crippen LogP contribution in [0.4, 0.5) is 0 Å². The molecule has 104 valence electrons. The Balaban J connectivity index is 1.76. The average Bonchev–Trinajstić information content (AvgIpc) is 3.00. The topological polar surface area (TPSA) is 86.8 Å². The third-order valence-corrected chi connectivity index (χ3v) is 4.50. The van der Waals surface area contributed by atoms with Gasteiger partial charge < -0.3 is 9.29 Å². The molecule has 0 fully saturated rings. The zero-order valence-corrected chi connectivity index (χ0v) is 12.3. The molecule has 3 aromatic rings. The molecular formula is C12H12N4O2S2. The van der Waals surface area contributed by atoms with E-state index in [1.807, 2.05) is 17.7 Å². The third-order valence-electron chi connectivity index (χ3n) is 2.59. The van der Waals surface area contributed by atoms with Gasteiger partial charge in [0, 0.05) is 28.0 Å². The first-order chi connectivity index (χ1) is 9.76. The van der Waals surface area contributed by atoms with Crippen LogP contribution in [0.3, 0.4) is 0 Å². The second-order valence-electron chi connectivity index (χ2n) is 3.98. The zero-order valence-electron chi connectivity index (χ0n) is 10.7. The number of hydrogen-bond acceptors (Lipinski definition) is 6. The van der Waals surface area contributed by atoms with Gasteiger partial charge in [-0.3, -0.25) is 4.98 Å². The third kappa shape index (κ3) is 2.77. The fraction of sp³-hybridized carbons (Fsp3) is 0.250. The number of nitrogens with zero attached hydrogens (tertiary/aromatic N) is 3. The molecule has 0 amide bonds. The average molecular weight is 308 g/mol. The fourth-order valence-electron chi connectivity index (χ4n) is 1.72. The molecule has 0 saturated carbocycles. The summed E-state index contributed by atoms with van der Waals surface area (Å²) >= 11 is 0.296. The molecule has 8 heteroatoms. The van der Waals surface area contributed by atoms with Gasteiger partial charge in [-0.1, -0.05) is 0 Å². The van der Waals surface area contributed by atoms with Gasteiger partial charge in [-0.2, -0.15) is 4.98 Å². The molecule has 0 aliphatic carbocycles. The highest BCUT2D eigenvalue weighted by atomic mass is 32.2. The molecule has 0 spiro atoms. The molecule has 0 radical (unpaired) electrons. The fourth-order valence-corrected chi connectivity index (χ4v) is 3.40. The van der Waals surface area contributed by atoms with Crippen molar-refractivity contribution in [2.45, 2.75) is 17.8 Å². The molecule has 0 saturated heterocycles. The van der Waals surface area contributed by atoms with Crippen LogP contribution in [0, 0.1) is 0 Å². The Morgan fingerprint density at radius 3 is 3.10 bits per heavy atom. The molecule has 3 rings (SSSR count). The lowest BCUT2D eigenvalue weighted by molar-refractivity contribution is 0.325. The van der Waals surface area contributed by atoms with Crippen LogP contribution in [0.5, 0.6) is 5.88 Å². The van der Waals surface area contributed by atoms with Crippen LogP contribution in [0.25, 0.3) is 11.0 Å². The summed E-state index contributed by atoms with van der Waals surface area (Å²) in [7, 11) is 0. The molecule has 0 aromatic carbocycles. The normalized spacial score (nSPS) is 12.7. The maximum atomic E-state index is 12.3. The number of hydrogen-bond donors (Lipinski definition) is 1. The largest absolute Gasteiger partial charge is 0.609 e. The summed E-state index contributed by atoms with van der Waals surface area (Å²) in [5.41, 5.74) is 2.42. The second-order valence-corrected chi connectivity index (χ2v) is 6.09. The van der Waals surface area contributed by atoms with E-state index < -0.39 is 11.2 Å². The minimum atomic E-state index is -1.27. The first-order valence-corrected chi connectivity index (χ1v) is 8.26. The van der Waals surface area contributed by atoms with Gasteiger partial charge in [0.2, 0.25) is 5.88 Å². The molecule has 1 atom stereocenters. The van der Waals surface area contributed by atoms with Gasteiger partial charge in [-0.05, 0) is 6.92 Å². The van der Waals surface area contributed by atoms with Gasteiger partial charge in [-0.15, -0.1) is 11.3 Å². The Labute approximate surface area is 122 Å². The van der Waals surface area contributed by atoms with E-state index in [1.165, 1.54) is 6.33 Å². The summed E-state index contributed by atoms with van der Waals surface area (Å²) in [5, 5.41) is 4.34. The predicted molar refractivity (Wildman–Crippen MR) is 77.3 cm³/mol. The van der Waals surface area contributed by atoms with Gasteiger partial charge in [0.25, 0.3) is 0 Å². The first kappa shape index (κ1) is 13.3. The van der Waals surface area contributed by atoms with Crippen LogP contribution in [0.2, 0.25) is 0 Å². The Morgan fingerprint density at radius 2 is 2.30 bits per heavy atom. The lowest BCUT2D eigenvalue weighted by atomic mass is 10.4. The summed E-state index contributed by atoms with van der Waals surface area (Å²) in [6.45, 7) is 2.42. The lowest BCUT2D eigenvalue weighted by Crippen LogP contribution is -2.09. The number of rotatable bonds is 5. The molecule has 20 heavy (non-hydrogen) atoms. The number of imidazole rings is 1. The van der Waals surface area contributed by atoms with Gasteiger partial charge in [0.05, 0.1) is 17.8 Å². The molecule has 0 bridgehead atoms. The van der Waals surface area contributed by atoms with E-state index >= 15 is 0 Å². The standard InChI is InChI=1S/C12H12N4O2S2/c1-2-18-11-3-8(13-7-14-11)6-20(17)12-15-9-4-19-5-10(9)16-12/h3-5,7H,2,6H2,1H3,(H,15,16). The summed E-state index contributed by atoms with van der Waals surface area (Å²) in [6.07, 6.45) is 1.41. The number of fused-ring (bicyclic) bond motifs is 1. The summed E-state index contributed by atoms with van der Waals surface area (Å²) < 4.78 is 17.6. The Morgan fingerprint density at radius 1 is 1.40 bits per heavy atom. The van der Waals surface area contributed by atoms with Crippen molar-refractivity contribution in [2.75, 3.05) is 6.61 Å². The summed E-state index contributed by atoms with van der Waals surface area (Å²) in [4.78, 5) is 15.5. The molecule has 6 nitrogen and oxygen atoms in total. The number of H-pyrrole nitrogens is 1. The van der Waals surface area contributed by atoms with Crippen LogP contribution < -0.4 is 4.74 Å². The van der Waals surface area contributed by atoms with Crippen molar-refractivity contribution in [3.05, 3.63) is 28.8 Å². The number of aromatic amines is 1. The van der Waals surface area contributed by atoms with Crippen LogP contribution in [-0.2, 0) is 16.9 Å². The number of nitrogens with one attached hydrogen (secondary N) is 1. The molecule has 3 aromatic heterocycles. The van der Waals surface area contributed by atoms with E-state index in [0.717, 1.165) is 11.0 Å². The molecule has 1 N–H and O–H groups in total. The van der Waals surface area contributed by atoms with Crippen LogP contribution in [-0.4, -0.2) is 31.1 Å². The Hall–Kier alpha value is -1.64. The molecule has 3 heterocycles. The minimum absolute atomic E-state index is 0.280. The number of aromatic nitrogens is 4. The smallest absolute Gasteiger partial charge is 0.322 e. The first-order valence-electron chi connectivity index (χ1n) is 6.00. The molecule has 0 aliphatic rings. The van der Waals surface area contributed by atoms with E-state index in [4.69, 9.17) is 4.74 Å². The Kier molecular flexibility index (Phi) is 3.86. The quantitative estimate of drug-likeness (QED) is 0.730. The van der Waals surface area contributed by atoms with Crippen LogP contribution in [0.1, 0.15) is 12.6 Å². The van der Waals surface area contributed by atoms with E-state index in [-0.39, 0.29) is 5.75 Å². The monoisotopic (exact) mass is 308 g/mol. The van der Waals surface area contributed by atoms with Gasteiger partial charge in [-0.25, -0.2) is 9.97 Å². The maximum Gasteiger partial charge on any atom is 0.322 e. The highest BCUT2D eigenvalue weighted by molar-refractivity contribution is 7.90. The van der Waals surface area contributed by atoms with E-state index in [0.29, 0.717) is 23.3 Å². The van der Waals surface area contributed by atoms with Gasteiger partial charge >= 0.3 is 5.16 Å². The zero-order chi connectivity index (χ0) is 13.9. The predicted octanol–water partition coefficient (Wildman–Crippen LogP) is 2.12. The number of thiophene rings is 1. The SMILES string of the molecule is CCOc1cc(C[S+]([O-])c2nc3cscc3[nH]2)ncn1. The van der Waals surface area contributed by atoms with E-state index in [1.54, 1.807) is 17.4 Å². The summed E-state index contributed by atoms with van der Waals surface area (Å²) in [5.74, 6) is 0.775. The van der Waals surface area contributed by atoms with Crippen LogP contribution in [0.15, 0.2) is 28.3 Å². The second kappa shape index (κ2) is 5.78. The lowest BCUT2D eigenvalue weighted by Gasteiger charge is -2.07. The number of ether oxygens (including phenoxy) is 1. The minimum Gasteiger partial charge on any atom is -0.609 e. The van der Waals surface area contributed by atoms with Crippen molar-refractivity contribution in [1.82, 2.24) is 19.9 Å². The van der Waals surface area contributed by atoms with Crippen molar-refractivity contribution >= 4 is 33.5 Å². The molecular weight excluding hydrogens is 296 g/mol. The van der Waals surface area contributed by atoms with Crippen molar-refractivity contribution in [2.24, 2.45) is 0 Å². The maximum absolute atomic E-state index is 12.3. The van der Waals surface area contributed by atoms with E-state index in [2.05, 4.69) is 19.9 Å². The molecule has 1 unspecified atom stereocenters. The van der Waals surface area contributed by atoms with E-state index in [9.17, 15) is 4.55 Å². The Bertz CT molecular complexity index is 684. The van der Waals surface area contributed by atoms with Crippen molar-refractivity contribution in [3.63, 3.8) is 0 Å².